The Labute approximate surface area is 114 Å². The minimum absolute atomic E-state index is 0.0345. The van der Waals surface area contributed by atoms with Crippen molar-refractivity contribution in [1.82, 2.24) is 19.9 Å². The zero-order valence-corrected chi connectivity index (χ0v) is 11.4. The minimum Gasteiger partial charge on any atom is -0.473 e. The molecule has 96 valence electrons. The van der Waals surface area contributed by atoms with Gasteiger partial charge in [0.25, 0.3) is 0 Å². The van der Waals surface area contributed by atoms with E-state index in [1.54, 1.807) is 17.5 Å². The molecule has 0 fully saturated rings. The van der Waals surface area contributed by atoms with Crippen LogP contribution in [0.25, 0.3) is 21.7 Å². The molecule has 0 aliphatic rings. The first-order valence-electron chi connectivity index (χ1n) is 5.92. The summed E-state index contributed by atoms with van der Waals surface area (Å²) in [6.45, 7) is 3.92. The van der Waals surface area contributed by atoms with Crippen LogP contribution in [-0.2, 0) is 0 Å². The number of hydrogen-bond acceptors (Lipinski definition) is 6. The van der Waals surface area contributed by atoms with Crippen molar-refractivity contribution in [3.8, 4) is 16.5 Å². The van der Waals surface area contributed by atoms with E-state index in [1.165, 1.54) is 6.33 Å². The standard InChI is InChI=1S/C13H12N4OS/c1-8(2)18-13-11(10-4-3-5-19-10)16-9-6-14-7-15-12(9)17-13/h3-8H,1-2H3. The van der Waals surface area contributed by atoms with Crippen LogP contribution >= 0.6 is 11.3 Å². The van der Waals surface area contributed by atoms with E-state index >= 15 is 0 Å². The highest BCUT2D eigenvalue weighted by Crippen LogP contribution is 2.31. The molecule has 5 nitrogen and oxygen atoms in total. The van der Waals surface area contributed by atoms with Gasteiger partial charge >= 0.3 is 0 Å². The van der Waals surface area contributed by atoms with Crippen molar-refractivity contribution in [1.29, 1.82) is 0 Å². The van der Waals surface area contributed by atoms with Gasteiger partial charge in [-0.15, -0.1) is 11.3 Å². The van der Waals surface area contributed by atoms with Gasteiger partial charge in [-0.1, -0.05) is 6.07 Å². The average molecular weight is 272 g/mol. The second kappa shape index (κ2) is 4.89. The van der Waals surface area contributed by atoms with Crippen molar-refractivity contribution in [3.63, 3.8) is 0 Å². The molecule has 3 aromatic rings. The van der Waals surface area contributed by atoms with Gasteiger partial charge < -0.3 is 4.74 Å². The van der Waals surface area contributed by atoms with E-state index in [-0.39, 0.29) is 6.10 Å². The molecule has 0 spiro atoms. The number of thiophene rings is 1. The summed E-state index contributed by atoms with van der Waals surface area (Å²) in [6, 6.07) is 3.98. The number of nitrogens with zero attached hydrogens (tertiary/aromatic N) is 4. The van der Waals surface area contributed by atoms with Crippen LogP contribution in [0.2, 0.25) is 0 Å². The van der Waals surface area contributed by atoms with Gasteiger partial charge in [0.2, 0.25) is 5.88 Å². The van der Waals surface area contributed by atoms with Crippen LogP contribution < -0.4 is 4.74 Å². The molecule has 0 saturated heterocycles. The Morgan fingerprint density at radius 2 is 2.16 bits per heavy atom. The summed E-state index contributed by atoms with van der Waals surface area (Å²) in [5.41, 5.74) is 1.96. The van der Waals surface area contributed by atoms with Crippen LogP contribution in [0.1, 0.15) is 13.8 Å². The van der Waals surface area contributed by atoms with E-state index in [2.05, 4.69) is 19.9 Å². The molecule has 6 heteroatoms. The maximum absolute atomic E-state index is 5.75. The fourth-order valence-electron chi connectivity index (χ4n) is 1.68. The average Bonchev–Trinajstić information content (AvgIpc) is 2.91. The molecule has 0 aliphatic heterocycles. The lowest BCUT2D eigenvalue weighted by atomic mass is 10.3. The first kappa shape index (κ1) is 12.0. The van der Waals surface area contributed by atoms with Crippen molar-refractivity contribution < 1.29 is 4.74 Å². The second-order valence-corrected chi connectivity index (χ2v) is 5.20. The molecule has 3 heterocycles. The van der Waals surface area contributed by atoms with Gasteiger partial charge in [-0.05, 0) is 25.3 Å². The van der Waals surface area contributed by atoms with Gasteiger partial charge in [0.15, 0.2) is 5.65 Å². The highest BCUT2D eigenvalue weighted by atomic mass is 32.1. The zero-order valence-electron chi connectivity index (χ0n) is 10.6. The minimum atomic E-state index is 0.0345. The first-order valence-corrected chi connectivity index (χ1v) is 6.80. The lowest BCUT2D eigenvalue weighted by Crippen LogP contribution is -2.09. The van der Waals surface area contributed by atoms with Crippen molar-refractivity contribution in [2.75, 3.05) is 0 Å². The largest absolute Gasteiger partial charge is 0.473 e. The van der Waals surface area contributed by atoms with Crippen molar-refractivity contribution >= 4 is 22.5 Å². The number of rotatable bonds is 3. The molecule has 3 rings (SSSR count). The van der Waals surface area contributed by atoms with Crippen LogP contribution in [0.5, 0.6) is 5.88 Å². The first-order chi connectivity index (χ1) is 9.24. The molecule has 0 bridgehead atoms. The highest BCUT2D eigenvalue weighted by Gasteiger charge is 2.15. The lowest BCUT2D eigenvalue weighted by Gasteiger charge is -2.12. The van der Waals surface area contributed by atoms with Crippen LogP contribution in [0.4, 0.5) is 0 Å². The maximum Gasteiger partial charge on any atom is 0.243 e. The quantitative estimate of drug-likeness (QED) is 0.733. The van der Waals surface area contributed by atoms with E-state index in [0.29, 0.717) is 17.0 Å². The molecule has 0 aromatic carbocycles. The highest BCUT2D eigenvalue weighted by molar-refractivity contribution is 7.13. The third-order valence-electron chi connectivity index (χ3n) is 2.42. The maximum atomic E-state index is 5.75. The third-order valence-corrected chi connectivity index (χ3v) is 3.29. The van der Waals surface area contributed by atoms with Crippen molar-refractivity contribution in [2.24, 2.45) is 0 Å². The van der Waals surface area contributed by atoms with E-state index < -0.39 is 0 Å². The van der Waals surface area contributed by atoms with Gasteiger partial charge in [-0.25, -0.2) is 15.0 Å². The van der Waals surface area contributed by atoms with Crippen LogP contribution in [0.15, 0.2) is 30.0 Å². The summed E-state index contributed by atoms with van der Waals surface area (Å²) in [7, 11) is 0. The number of fused-ring (bicyclic) bond motifs is 1. The third kappa shape index (κ3) is 2.39. The Hall–Kier alpha value is -2.08. The van der Waals surface area contributed by atoms with Gasteiger partial charge in [0.05, 0.1) is 17.2 Å². The van der Waals surface area contributed by atoms with Crippen LogP contribution in [-0.4, -0.2) is 26.0 Å². The second-order valence-electron chi connectivity index (χ2n) is 4.25. The molecule has 0 amide bonds. The molecule has 0 unspecified atom stereocenters. The molecule has 19 heavy (non-hydrogen) atoms. The van der Waals surface area contributed by atoms with Crippen molar-refractivity contribution in [3.05, 3.63) is 30.0 Å². The Bertz CT molecular complexity index is 697. The van der Waals surface area contributed by atoms with E-state index in [4.69, 9.17) is 4.74 Å². The number of aromatic nitrogens is 4. The van der Waals surface area contributed by atoms with E-state index in [9.17, 15) is 0 Å². The summed E-state index contributed by atoms with van der Waals surface area (Å²) in [5.74, 6) is 0.517. The van der Waals surface area contributed by atoms with Crippen molar-refractivity contribution in [2.45, 2.75) is 20.0 Å². The summed E-state index contributed by atoms with van der Waals surface area (Å²) in [5, 5.41) is 2.00. The normalized spacial score (nSPS) is 11.1. The molecule has 0 N–H and O–H groups in total. The number of hydrogen-bond donors (Lipinski definition) is 0. The monoisotopic (exact) mass is 272 g/mol. The Morgan fingerprint density at radius 3 is 2.89 bits per heavy atom. The Balaban J connectivity index is 2.21. The summed E-state index contributed by atoms with van der Waals surface area (Å²) >= 11 is 1.60. The van der Waals surface area contributed by atoms with Crippen LogP contribution in [0, 0.1) is 0 Å². The van der Waals surface area contributed by atoms with E-state index in [1.807, 2.05) is 31.4 Å². The summed E-state index contributed by atoms with van der Waals surface area (Å²) in [4.78, 5) is 18.1. The predicted molar refractivity (Wildman–Crippen MR) is 74.2 cm³/mol. The van der Waals surface area contributed by atoms with Gasteiger partial charge in [0.1, 0.15) is 17.5 Å². The van der Waals surface area contributed by atoms with E-state index in [0.717, 1.165) is 10.6 Å². The lowest BCUT2D eigenvalue weighted by molar-refractivity contribution is 0.234. The fraction of sp³-hybridized carbons (Fsp3) is 0.231. The predicted octanol–water partition coefficient (Wildman–Crippen LogP) is 2.94. The number of ether oxygens (including phenoxy) is 1. The van der Waals surface area contributed by atoms with Gasteiger partial charge in [-0.2, -0.15) is 4.98 Å². The Kier molecular flexibility index (Phi) is 3.08. The van der Waals surface area contributed by atoms with Crippen LogP contribution in [0.3, 0.4) is 0 Å². The molecular formula is C13H12N4OS. The molecular weight excluding hydrogens is 260 g/mol. The summed E-state index contributed by atoms with van der Waals surface area (Å²) in [6.07, 6.45) is 3.15. The smallest absolute Gasteiger partial charge is 0.243 e. The van der Waals surface area contributed by atoms with Gasteiger partial charge in [-0.3, -0.25) is 0 Å². The molecule has 0 saturated carbocycles. The molecule has 0 atom stereocenters. The topological polar surface area (TPSA) is 60.8 Å². The van der Waals surface area contributed by atoms with Gasteiger partial charge in [0, 0.05) is 0 Å². The zero-order chi connectivity index (χ0) is 13.2. The molecule has 0 radical (unpaired) electrons. The fourth-order valence-corrected chi connectivity index (χ4v) is 2.38. The molecule has 3 aromatic heterocycles. The SMILES string of the molecule is CC(C)Oc1nc2ncncc2nc1-c1cccs1. The molecule has 0 aliphatic carbocycles. The Morgan fingerprint density at radius 1 is 1.26 bits per heavy atom. The summed E-state index contributed by atoms with van der Waals surface area (Å²) < 4.78 is 5.75.